The maximum atomic E-state index is 13.9. The van der Waals surface area contributed by atoms with Crippen LogP contribution in [-0.4, -0.2) is 57.6 Å². The summed E-state index contributed by atoms with van der Waals surface area (Å²) in [5.41, 5.74) is 5.58. The molecule has 2 aliphatic carbocycles. The number of carbonyl (C=O) groups is 2. The van der Waals surface area contributed by atoms with Crippen molar-refractivity contribution in [2.75, 3.05) is 13.1 Å². The number of alkyl halides is 2. The zero-order chi connectivity index (χ0) is 24.1. The quantitative estimate of drug-likeness (QED) is 0.594. The number of nitrogens with two attached hydrogens (primary N) is 1. The normalized spacial score (nSPS) is 21.0. The average Bonchev–Trinajstić information content (AvgIpc) is 3.53. The lowest BCUT2D eigenvalue weighted by Gasteiger charge is -2.47. The van der Waals surface area contributed by atoms with Gasteiger partial charge in [0, 0.05) is 38.3 Å². The number of likely N-dealkylation sites (tertiary alicyclic amines) is 1. The van der Waals surface area contributed by atoms with Gasteiger partial charge in [-0.3, -0.25) is 9.78 Å². The summed E-state index contributed by atoms with van der Waals surface area (Å²) in [7, 11) is 0. The Kier molecular flexibility index (Phi) is 7.52. The van der Waals surface area contributed by atoms with Crippen LogP contribution in [0.4, 0.5) is 13.6 Å². The van der Waals surface area contributed by atoms with Crippen molar-refractivity contribution >= 4 is 12.0 Å². The first-order valence-corrected chi connectivity index (χ1v) is 11.3. The summed E-state index contributed by atoms with van der Waals surface area (Å²) >= 11 is 0. The number of nitriles is 1. The van der Waals surface area contributed by atoms with Crippen LogP contribution in [0.25, 0.3) is 0 Å². The second-order valence-corrected chi connectivity index (χ2v) is 9.51. The Hall–Kier alpha value is -2.80. The molecule has 180 valence electrons. The number of piperidine rings is 1. The van der Waals surface area contributed by atoms with E-state index in [1.54, 1.807) is 17.0 Å². The van der Waals surface area contributed by atoms with Crippen LogP contribution in [0.5, 0.6) is 0 Å². The van der Waals surface area contributed by atoms with E-state index in [0.29, 0.717) is 23.8 Å². The van der Waals surface area contributed by atoms with Gasteiger partial charge in [0.05, 0.1) is 12.1 Å². The molecule has 33 heavy (non-hydrogen) atoms. The Morgan fingerprint density at radius 1 is 1.27 bits per heavy atom. The van der Waals surface area contributed by atoms with Crippen LogP contribution in [0.2, 0.25) is 0 Å². The molecule has 0 unspecified atom stereocenters. The Bertz CT molecular complexity index is 872. The largest absolute Gasteiger partial charge is 0.465 e. The van der Waals surface area contributed by atoms with Gasteiger partial charge < -0.3 is 21.1 Å². The number of carboxylic acid groups (broad SMARTS) is 1. The maximum absolute atomic E-state index is 13.9. The maximum Gasteiger partial charge on any atom is 0.407 e. The molecule has 1 atom stereocenters. The van der Waals surface area contributed by atoms with E-state index in [1.807, 2.05) is 6.07 Å². The highest BCUT2D eigenvalue weighted by Crippen LogP contribution is 2.48. The molecule has 0 radical (unpaired) electrons. The van der Waals surface area contributed by atoms with Crippen LogP contribution in [0.15, 0.2) is 24.5 Å². The number of pyridine rings is 1. The minimum atomic E-state index is -3.11. The molecule has 3 fully saturated rings. The smallest absolute Gasteiger partial charge is 0.407 e. The zero-order valence-corrected chi connectivity index (χ0v) is 18.6. The molecule has 1 aromatic heterocycles. The number of halogens is 2. The number of rotatable bonds is 6. The fraction of sp³-hybridized carbons (Fsp3) is 0.652. The van der Waals surface area contributed by atoms with Crippen LogP contribution in [0.1, 0.15) is 56.9 Å². The Labute approximate surface area is 192 Å². The van der Waals surface area contributed by atoms with E-state index in [-0.39, 0.29) is 0 Å². The van der Waals surface area contributed by atoms with Crippen LogP contribution in [0.3, 0.4) is 0 Å². The fourth-order valence-corrected chi connectivity index (χ4v) is 4.36. The average molecular weight is 464 g/mol. The molecule has 2 saturated carbocycles. The van der Waals surface area contributed by atoms with Gasteiger partial charge in [-0.05, 0) is 55.6 Å². The number of amides is 2. The van der Waals surface area contributed by atoms with Crippen molar-refractivity contribution in [3.05, 3.63) is 30.1 Å². The summed E-state index contributed by atoms with van der Waals surface area (Å²) in [5.74, 6) is -3.82. The molecule has 0 aromatic carbocycles. The van der Waals surface area contributed by atoms with Gasteiger partial charge in [-0.15, -0.1) is 0 Å². The lowest BCUT2D eigenvalue weighted by atomic mass is 9.63. The summed E-state index contributed by atoms with van der Waals surface area (Å²) in [4.78, 5) is 27.7. The SMILES string of the molecule is N#CC1(NC(=O)[C@@H](N)CC(F)(F)Cc2cccnc2)CC1.O=C(O)N1CCC2(CCC2)CC1. The third-order valence-corrected chi connectivity index (χ3v) is 6.88. The molecular weight excluding hydrogens is 432 g/mol. The molecule has 8 nitrogen and oxygen atoms in total. The summed E-state index contributed by atoms with van der Waals surface area (Å²) in [6.45, 7) is 1.52. The number of hydrogen-bond acceptors (Lipinski definition) is 5. The van der Waals surface area contributed by atoms with Gasteiger partial charge in [0.1, 0.15) is 5.54 Å². The lowest BCUT2D eigenvalue weighted by molar-refractivity contribution is -0.125. The molecule has 4 N–H and O–H groups in total. The highest BCUT2D eigenvalue weighted by Gasteiger charge is 2.46. The van der Waals surface area contributed by atoms with Crippen LogP contribution in [-0.2, 0) is 11.2 Å². The van der Waals surface area contributed by atoms with Crippen molar-refractivity contribution in [2.45, 2.75) is 75.3 Å². The first-order valence-electron chi connectivity index (χ1n) is 11.3. The number of nitrogens with zero attached hydrogens (tertiary/aromatic N) is 3. The lowest BCUT2D eigenvalue weighted by Crippen LogP contribution is -2.48. The number of carbonyl (C=O) groups excluding carboxylic acids is 1. The topological polar surface area (TPSA) is 132 Å². The number of hydrogen-bond donors (Lipinski definition) is 3. The third kappa shape index (κ3) is 6.84. The van der Waals surface area contributed by atoms with Gasteiger partial charge in [-0.1, -0.05) is 12.5 Å². The molecule has 2 heterocycles. The van der Waals surface area contributed by atoms with Crippen LogP contribution >= 0.6 is 0 Å². The Morgan fingerprint density at radius 2 is 1.94 bits per heavy atom. The van der Waals surface area contributed by atoms with Gasteiger partial charge in [-0.2, -0.15) is 5.26 Å². The molecule has 1 saturated heterocycles. The molecule has 1 spiro atoms. The summed E-state index contributed by atoms with van der Waals surface area (Å²) in [6.07, 6.45) is 8.10. The minimum absolute atomic E-state index is 0.380. The van der Waals surface area contributed by atoms with Crippen LogP contribution in [0, 0.1) is 16.7 Å². The predicted octanol–water partition coefficient (Wildman–Crippen LogP) is 3.08. The second-order valence-electron chi connectivity index (χ2n) is 9.51. The standard InChI is InChI=1S/C14H16F2N4O.C9H15NO2/c15-14(16,6-10-2-1-5-19-8-10)7-11(18)12(21)20-13(9-17)3-4-13;11-8(12)10-6-4-9(5-7-10)2-1-3-9/h1-2,5,8,11H,3-4,6-7,18H2,(H,20,21);1-7H2,(H,11,12)/t11-;/m0./s1. The molecule has 1 aromatic rings. The Balaban J connectivity index is 0.000000215. The van der Waals surface area contributed by atoms with E-state index in [0.717, 1.165) is 25.9 Å². The van der Waals surface area contributed by atoms with Gasteiger partial charge in [-0.25, -0.2) is 13.6 Å². The van der Waals surface area contributed by atoms with Gasteiger partial charge in [0.15, 0.2) is 0 Å². The van der Waals surface area contributed by atoms with E-state index >= 15 is 0 Å². The predicted molar refractivity (Wildman–Crippen MR) is 116 cm³/mol. The highest BCUT2D eigenvalue weighted by atomic mass is 19.3. The van der Waals surface area contributed by atoms with Crippen LogP contribution < -0.4 is 11.1 Å². The second kappa shape index (κ2) is 10.00. The summed E-state index contributed by atoms with van der Waals surface area (Å²) < 4.78 is 27.8. The third-order valence-electron chi connectivity index (χ3n) is 6.88. The van der Waals surface area contributed by atoms with E-state index in [4.69, 9.17) is 16.1 Å². The van der Waals surface area contributed by atoms with Gasteiger partial charge >= 0.3 is 6.09 Å². The Morgan fingerprint density at radius 3 is 2.39 bits per heavy atom. The first-order chi connectivity index (χ1) is 15.6. The number of aromatic nitrogens is 1. The van der Waals surface area contributed by atoms with E-state index in [1.165, 1.54) is 31.7 Å². The zero-order valence-electron chi connectivity index (χ0n) is 18.6. The molecule has 0 bridgehead atoms. The molecule has 2 amide bonds. The highest BCUT2D eigenvalue weighted by molar-refractivity contribution is 5.83. The summed E-state index contributed by atoms with van der Waals surface area (Å²) in [6, 6.07) is 3.73. The molecule has 3 aliphatic rings. The van der Waals surface area contributed by atoms with Crippen molar-refractivity contribution < 1.29 is 23.5 Å². The number of nitrogens with one attached hydrogen (secondary N) is 1. The monoisotopic (exact) mass is 463 g/mol. The van der Waals surface area contributed by atoms with Gasteiger partial charge in [0.2, 0.25) is 5.91 Å². The molecule has 1 aliphatic heterocycles. The summed E-state index contributed by atoms with van der Waals surface area (Å²) in [5, 5.41) is 20.0. The molecule has 10 heteroatoms. The fourth-order valence-electron chi connectivity index (χ4n) is 4.36. The van der Waals surface area contributed by atoms with E-state index in [9.17, 15) is 18.4 Å². The van der Waals surface area contributed by atoms with Crippen molar-refractivity contribution in [2.24, 2.45) is 11.1 Å². The van der Waals surface area contributed by atoms with Crippen molar-refractivity contribution in [3.8, 4) is 6.07 Å². The van der Waals surface area contributed by atoms with E-state index < -0.39 is 42.3 Å². The van der Waals surface area contributed by atoms with E-state index in [2.05, 4.69) is 10.3 Å². The molecular formula is C23H31F2N5O3. The van der Waals surface area contributed by atoms with Crippen molar-refractivity contribution in [1.82, 2.24) is 15.2 Å². The molecule has 4 rings (SSSR count). The minimum Gasteiger partial charge on any atom is -0.465 e. The van der Waals surface area contributed by atoms with Crippen molar-refractivity contribution in [3.63, 3.8) is 0 Å². The van der Waals surface area contributed by atoms with Gasteiger partial charge in [0.25, 0.3) is 5.92 Å². The van der Waals surface area contributed by atoms with Crippen molar-refractivity contribution in [1.29, 1.82) is 5.26 Å². The first kappa shape index (κ1) is 24.8.